The monoisotopic (exact) mass is 347 g/mol. The van der Waals surface area contributed by atoms with Crippen LogP contribution in [0.25, 0.3) is 11.2 Å². The average molecular weight is 347 g/mol. The molecule has 8 heteroatoms. The number of nitrogens with zero attached hydrogens (tertiary/aromatic N) is 4. The first-order chi connectivity index (χ1) is 12.1. The van der Waals surface area contributed by atoms with Crippen molar-refractivity contribution in [1.29, 1.82) is 0 Å². The molecule has 2 N–H and O–H groups in total. The highest BCUT2D eigenvalue weighted by molar-refractivity contribution is 5.81. The molecule has 1 unspecified atom stereocenters. The number of imidazole rings is 1. The van der Waals surface area contributed by atoms with Crippen LogP contribution in [-0.4, -0.2) is 44.3 Å². The summed E-state index contributed by atoms with van der Waals surface area (Å²) in [6.07, 6.45) is 9.14. The van der Waals surface area contributed by atoms with Crippen molar-refractivity contribution in [3.05, 3.63) is 12.7 Å². The minimum atomic E-state index is -0.510. The predicted octanol–water partition coefficient (Wildman–Crippen LogP) is 2.08. The van der Waals surface area contributed by atoms with Crippen molar-refractivity contribution in [2.24, 2.45) is 0 Å². The quantitative estimate of drug-likeness (QED) is 0.604. The molecule has 1 aliphatic rings. The lowest BCUT2D eigenvalue weighted by Crippen LogP contribution is -2.30. The van der Waals surface area contributed by atoms with E-state index in [-0.39, 0.29) is 12.1 Å². The maximum Gasteiger partial charge on any atom is 0.334 e. The second-order valence-corrected chi connectivity index (χ2v) is 6.43. The number of hydrogen-bond donors (Lipinski definition) is 1. The van der Waals surface area contributed by atoms with Crippen LogP contribution in [0.3, 0.4) is 0 Å². The van der Waals surface area contributed by atoms with E-state index in [9.17, 15) is 4.79 Å². The Hall–Kier alpha value is -2.22. The molecule has 0 aliphatic heterocycles. The Balaban J connectivity index is 1.41. The van der Waals surface area contributed by atoms with Crippen LogP contribution in [0.15, 0.2) is 12.7 Å². The van der Waals surface area contributed by atoms with E-state index in [1.165, 1.54) is 25.6 Å². The van der Waals surface area contributed by atoms with Crippen molar-refractivity contribution in [3.8, 4) is 0 Å². The summed E-state index contributed by atoms with van der Waals surface area (Å²) in [5, 5.41) is 0. The zero-order chi connectivity index (χ0) is 17.6. The normalized spacial score (nSPS) is 16.8. The molecule has 1 atom stereocenters. The van der Waals surface area contributed by atoms with Gasteiger partial charge in [-0.25, -0.2) is 19.7 Å². The fourth-order valence-corrected chi connectivity index (χ4v) is 3.13. The Morgan fingerprint density at radius 1 is 1.32 bits per heavy atom. The molecule has 0 bridgehead atoms. The van der Waals surface area contributed by atoms with Gasteiger partial charge in [-0.1, -0.05) is 19.3 Å². The van der Waals surface area contributed by atoms with Crippen LogP contribution in [0.4, 0.5) is 5.82 Å². The number of nitrogen functional groups attached to an aromatic ring is 1. The molecule has 0 amide bonds. The number of rotatable bonds is 7. The van der Waals surface area contributed by atoms with Crippen molar-refractivity contribution in [2.45, 2.75) is 64.2 Å². The molecule has 0 aromatic carbocycles. The summed E-state index contributed by atoms with van der Waals surface area (Å²) >= 11 is 0. The lowest BCUT2D eigenvalue weighted by molar-refractivity contribution is -0.160. The molecule has 2 aromatic rings. The SMILES string of the molecule is CC(OC1CCCCC1)C(=O)OCCCn1cnc2c(N)ncnc21. The van der Waals surface area contributed by atoms with Crippen molar-refractivity contribution in [2.75, 3.05) is 12.3 Å². The molecule has 25 heavy (non-hydrogen) atoms. The van der Waals surface area contributed by atoms with Gasteiger partial charge in [0.15, 0.2) is 17.6 Å². The van der Waals surface area contributed by atoms with E-state index in [0.29, 0.717) is 36.6 Å². The third-order valence-corrected chi connectivity index (χ3v) is 4.50. The number of fused-ring (bicyclic) bond motifs is 1. The molecule has 1 fully saturated rings. The number of aryl methyl sites for hydroxylation is 1. The first kappa shape index (κ1) is 17.6. The van der Waals surface area contributed by atoms with Crippen molar-refractivity contribution >= 4 is 23.0 Å². The van der Waals surface area contributed by atoms with Gasteiger partial charge in [0.2, 0.25) is 0 Å². The van der Waals surface area contributed by atoms with Crippen molar-refractivity contribution in [3.63, 3.8) is 0 Å². The fourth-order valence-electron chi connectivity index (χ4n) is 3.13. The van der Waals surface area contributed by atoms with Gasteiger partial charge in [-0.2, -0.15) is 0 Å². The summed E-state index contributed by atoms with van der Waals surface area (Å²) in [6.45, 7) is 2.73. The van der Waals surface area contributed by atoms with E-state index in [1.807, 2.05) is 4.57 Å². The van der Waals surface area contributed by atoms with E-state index < -0.39 is 6.10 Å². The molecule has 3 rings (SSSR count). The largest absolute Gasteiger partial charge is 0.464 e. The fraction of sp³-hybridized carbons (Fsp3) is 0.647. The van der Waals surface area contributed by atoms with Gasteiger partial charge < -0.3 is 19.8 Å². The molecule has 2 heterocycles. The molecule has 1 saturated carbocycles. The smallest absolute Gasteiger partial charge is 0.334 e. The number of aromatic nitrogens is 4. The number of anilines is 1. The van der Waals surface area contributed by atoms with E-state index in [2.05, 4.69) is 15.0 Å². The highest BCUT2D eigenvalue weighted by Crippen LogP contribution is 2.21. The van der Waals surface area contributed by atoms with Gasteiger partial charge in [-0.3, -0.25) is 0 Å². The van der Waals surface area contributed by atoms with Gasteiger partial charge in [-0.05, 0) is 26.2 Å². The van der Waals surface area contributed by atoms with E-state index in [4.69, 9.17) is 15.2 Å². The maximum absolute atomic E-state index is 12.0. The van der Waals surface area contributed by atoms with E-state index in [0.717, 1.165) is 12.8 Å². The van der Waals surface area contributed by atoms with Crippen LogP contribution >= 0.6 is 0 Å². The van der Waals surface area contributed by atoms with Crippen LogP contribution in [0.1, 0.15) is 45.4 Å². The Morgan fingerprint density at radius 3 is 2.92 bits per heavy atom. The van der Waals surface area contributed by atoms with Crippen molar-refractivity contribution < 1.29 is 14.3 Å². The number of ether oxygens (including phenoxy) is 2. The second-order valence-electron chi connectivity index (χ2n) is 6.43. The van der Waals surface area contributed by atoms with Gasteiger partial charge in [0.25, 0.3) is 0 Å². The minimum Gasteiger partial charge on any atom is -0.464 e. The second kappa shape index (κ2) is 8.24. The molecular formula is C17H25N5O3. The molecule has 1 aliphatic carbocycles. The topological polar surface area (TPSA) is 105 Å². The zero-order valence-corrected chi connectivity index (χ0v) is 14.6. The zero-order valence-electron chi connectivity index (χ0n) is 14.6. The summed E-state index contributed by atoms with van der Waals surface area (Å²) in [6, 6.07) is 0. The third-order valence-electron chi connectivity index (χ3n) is 4.50. The van der Waals surface area contributed by atoms with Crippen LogP contribution in [-0.2, 0) is 20.8 Å². The maximum atomic E-state index is 12.0. The number of nitrogens with two attached hydrogens (primary N) is 1. The number of carbonyl (C=O) groups excluding carboxylic acids is 1. The summed E-state index contributed by atoms with van der Waals surface area (Å²) in [4.78, 5) is 24.3. The van der Waals surface area contributed by atoms with E-state index in [1.54, 1.807) is 13.3 Å². The molecule has 0 radical (unpaired) electrons. The highest BCUT2D eigenvalue weighted by Gasteiger charge is 2.22. The Kier molecular flexibility index (Phi) is 5.80. The third kappa shape index (κ3) is 4.45. The van der Waals surface area contributed by atoms with Crippen LogP contribution in [0.5, 0.6) is 0 Å². The Bertz CT molecular complexity index is 711. The highest BCUT2D eigenvalue weighted by atomic mass is 16.6. The van der Waals surface area contributed by atoms with Crippen LogP contribution in [0.2, 0.25) is 0 Å². The number of esters is 1. The molecule has 136 valence electrons. The lowest BCUT2D eigenvalue weighted by atomic mass is 9.98. The van der Waals surface area contributed by atoms with Gasteiger partial charge in [0, 0.05) is 6.54 Å². The van der Waals surface area contributed by atoms with Gasteiger partial charge in [0.05, 0.1) is 19.0 Å². The average Bonchev–Trinajstić information content (AvgIpc) is 3.04. The summed E-state index contributed by atoms with van der Waals surface area (Å²) in [5.41, 5.74) is 7.04. The molecule has 0 spiro atoms. The summed E-state index contributed by atoms with van der Waals surface area (Å²) < 4.78 is 13.0. The standard InChI is InChI=1S/C17H25N5O3/c1-12(25-13-6-3-2-4-7-13)17(23)24-9-5-8-22-11-21-14-15(18)19-10-20-16(14)22/h10-13H,2-9H2,1H3,(H2,18,19,20). The van der Waals surface area contributed by atoms with Crippen LogP contribution < -0.4 is 5.73 Å². The minimum absolute atomic E-state index is 0.193. The Morgan fingerprint density at radius 2 is 2.12 bits per heavy atom. The van der Waals surface area contributed by atoms with Gasteiger partial charge in [0.1, 0.15) is 11.8 Å². The molecule has 0 saturated heterocycles. The summed E-state index contributed by atoms with van der Waals surface area (Å²) in [7, 11) is 0. The molecule has 2 aromatic heterocycles. The van der Waals surface area contributed by atoms with Crippen molar-refractivity contribution in [1.82, 2.24) is 19.5 Å². The van der Waals surface area contributed by atoms with Gasteiger partial charge in [-0.15, -0.1) is 0 Å². The van der Waals surface area contributed by atoms with E-state index >= 15 is 0 Å². The lowest BCUT2D eigenvalue weighted by Gasteiger charge is -2.24. The Labute approximate surface area is 146 Å². The van der Waals surface area contributed by atoms with Crippen LogP contribution in [0, 0.1) is 0 Å². The van der Waals surface area contributed by atoms with Gasteiger partial charge >= 0.3 is 5.97 Å². The molecule has 8 nitrogen and oxygen atoms in total. The molecular weight excluding hydrogens is 322 g/mol. The number of hydrogen-bond acceptors (Lipinski definition) is 7. The predicted molar refractivity (Wildman–Crippen MR) is 92.7 cm³/mol. The summed E-state index contributed by atoms with van der Waals surface area (Å²) in [5.74, 6) is 0.0662. The number of carbonyl (C=O) groups is 1. The first-order valence-electron chi connectivity index (χ1n) is 8.88. The first-order valence-corrected chi connectivity index (χ1v) is 8.88.